The zero-order chi connectivity index (χ0) is 15.3. The molecule has 1 aromatic rings. The largest absolute Gasteiger partial charge is 0.478 e. The molecule has 3 N–H and O–H groups in total. The Labute approximate surface area is 115 Å². The molecule has 0 saturated heterocycles. The van der Waals surface area contributed by atoms with Crippen molar-refractivity contribution in [3.63, 3.8) is 0 Å². The van der Waals surface area contributed by atoms with Gasteiger partial charge in [0.1, 0.15) is 5.82 Å². The van der Waals surface area contributed by atoms with Gasteiger partial charge in [-0.1, -0.05) is 0 Å². The van der Waals surface area contributed by atoms with Gasteiger partial charge in [-0.25, -0.2) is 22.3 Å². The molecule has 0 spiro atoms. The average molecular weight is 307 g/mol. The average Bonchev–Trinajstić information content (AvgIpc) is 2.37. The van der Waals surface area contributed by atoms with Crippen molar-refractivity contribution in [2.24, 2.45) is 0 Å². The summed E-state index contributed by atoms with van der Waals surface area (Å²) in [5, 5.41) is 18.1. The highest BCUT2D eigenvalue weighted by atomic mass is 32.2. The highest BCUT2D eigenvalue weighted by molar-refractivity contribution is 7.89. The van der Waals surface area contributed by atoms with E-state index < -0.39 is 38.4 Å². The first-order chi connectivity index (χ1) is 9.27. The van der Waals surface area contributed by atoms with Crippen molar-refractivity contribution in [3.05, 3.63) is 29.6 Å². The second kappa shape index (κ2) is 6.75. The van der Waals surface area contributed by atoms with E-state index in [2.05, 4.69) is 9.46 Å². The molecule has 7 nitrogen and oxygen atoms in total. The molecule has 1 unspecified atom stereocenters. The lowest BCUT2D eigenvalue weighted by Gasteiger charge is -2.11. The highest BCUT2D eigenvalue weighted by Gasteiger charge is 2.19. The molecule has 0 fully saturated rings. The normalized spacial score (nSPS) is 13.2. The van der Waals surface area contributed by atoms with Crippen molar-refractivity contribution in [3.8, 4) is 0 Å². The molecule has 0 radical (unpaired) electrons. The molecule has 1 rings (SSSR count). The molecule has 0 amide bonds. The fraction of sp³-hybridized carbons (Fsp3) is 0.364. The number of rotatable bonds is 7. The van der Waals surface area contributed by atoms with Crippen molar-refractivity contribution in [1.29, 1.82) is 0 Å². The van der Waals surface area contributed by atoms with Crippen LogP contribution < -0.4 is 4.72 Å². The highest BCUT2D eigenvalue weighted by Crippen LogP contribution is 2.15. The smallest absolute Gasteiger partial charge is 0.338 e. The van der Waals surface area contributed by atoms with Gasteiger partial charge in [0, 0.05) is 13.7 Å². The predicted molar refractivity (Wildman–Crippen MR) is 66.4 cm³/mol. The molecule has 0 saturated carbocycles. The number of nitrogens with one attached hydrogen (secondary N) is 1. The van der Waals surface area contributed by atoms with Gasteiger partial charge in [-0.15, -0.1) is 0 Å². The van der Waals surface area contributed by atoms with Gasteiger partial charge >= 0.3 is 5.97 Å². The minimum Gasteiger partial charge on any atom is -0.478 e. The predicted octanol–water partition coefficient (Wildman–Crippen LogP) is -0.190. The van der Waals surface area contributed by atoms with Crippen molar-refractivity contribution < 1.29 is 32.6 Å². The summed E-state index contributed by atoms with van der Waals surface area (Å²) in [7, 11) is -2.70. The van der Waals surface area contributed by atoms with Crippen LogP contribution in [0.1, 0.15) is 10.4 Å². The first-order valence-electron chi connectivity index (χ1n) is 5.47. The lowest BCUT2D eigenvalue weighted by atomic mass is 10.2. The van der Waals surface area contributed by atoms with Crippen LogP contribution in [0, 0.1) is 5.82 Å². The Morgan fingerprint density at radius 3 is 2.70 bits per heavy atom. The third-order valence-corrected chi connectivity index (χ3v) is 3.77. The lowest BCUT2D eigenvalue weighted by molar-refractivity contribution is 0.0678. The first kappa shape index (κ1) is 16.5. The van der Waals surface area contributed by atoms with E-state index in [1.807, 2.05) is 0 Å². The topological polar surface area (TPSA) is 113 Å². The van der Waals surface area contributed by atoms with Crippen LogP contribution in [-0.2, 0) is 14.8 Å². The summed E-state index contributed by atoms with van der Waals surface area (Å²) in [6.07, 6.45) is -1.05. The maximum Gasteiger partial charge on any atom is 0.338 e. The van der Waals surface area contributed by atoms with E-state index in [1.165, 1.54) is 7.11 Å². The standard InChI is InChI=1S/C11H14FNO6S/c1-19-6-7(14)5-13-20(17,18)8-2-3-10(12)9(4-8)11(15)16/h2-4,7,13-14H,5-6H2,1H3,(H,15,16). The van der Waals surface area contributed by atoms with Crippen LogP contribution in [0.5, 0.6) is 0 Å². The first-order valence-corrected chi connectivity index (χ1v) is 6.95. The molecule has 9 heteroatoms. The van der Waals surface area contributed by atoms with Crippen LogP contribution in [0.3, 0.4) is 0 Å². The minimum absolute atomic E-state index is 0.0632. The summed E-state index contributed by atoms with van der Waals surface area (Å²) in [6, 6.07) is 2.40. The molecule has 0 aliphatic rings. The summed E-state index contributed by atoms with van der Waals surface area (Å²) >= 11 is 0. The summed E-state index contributed by atoms with van der Waals surface area (Å²) in [6.45, 7) is -0.373. The van der Waals surface area contributed by atoms with E-state index in [1.54, 1.807) is 0 Å². The van der Waals surface area contributed by atoms with E-state index in [4.69, 9.17) is 5.11 Å². The third-order valence-electron chi connectivity index (χ3n) is 2.35. The Hall–Kier alpha value is -1.55. The summed E-state index contributed by atoms with van der Waals surface area (Å²) in [5.41, 5.74) is -0.745. The van der Waals surface area contributed by atoms with Crippen LogP contribution >= 0.6 is 0 Å². The van der Waals surface area contributed by atoms with Gasteiger partial charge < -0.3 is 14.9 Å². The maximum absolute atomic E-state index is 13.2. The van der Waals surface area contributed by atoms with Crippen LogP contribution in [0.4, 0.5) is 4.39 Å². The van der Waals surface area contributed by atoms with Gasteiger partial charge in [-0.2, -0.15) is 0 Å². The van der Waals surface area contributed by atoms with Gasteiger partial charge in [0.2, 0.25) is 10.0 Å². The second-order valence-electron chi connectivity index (χ2n) is 3.91. The number of aromatic carboxylic acids is 1. The SMILES string of the molecule is COCC(O)CNS(=O)(=O)c1ccc(F)c(C(=O)O)c1. The van der Waals surface area contributed by atoms with E-state index >= 15 is 0 Å². The zero-order valence-electron chi connectivity index (χ0n) is 10.5. The second-order valence-corrected chi connectivity index (χ2v) is 5.67. The number of methoxy groups -OCH3 is 1. The van der Waals surface area contributed by atoms with Crippen LogP contribution in [0.25, 0.3) is 0 Å². The Bertz CT molecular complexity index is 589. The van der Waals surface area contributed by atoms with Crippen LogP contribution in [0.15, 0.2) is 23.1 Å². The van der Waals surface area contributed by atoms with E-state index in [-0.39, 0.29) is 13.2 Å². The molecule has 0 aliphatic carbocycles. The van der Waals surface area contributed by atoms with E-state index in [9.17, 15) is 22.7 Å². The quantitative estimate of drug-likeness (QED) is 0.643. The van der Waals surface area contributed by atoms with Gasteiger partial charge in [-0.3, -0.25) is 0 Å². The number of carboxylic acid groups (broad SMARTS) is 1. The molecular weight excluding hydrogens is 293 g/mol. The molecule has 0 aliphatic heterocycles. The number of carbonyl (C=O) groups is 1. The van der Waals surface area contributed by atoms with Crippen molar-refractivity contribution in [2.45, 2.75) is 11.0 Å². The summed E-state index contributed by atoms with van der Waals surface area (Å²) in [4.78, 5) is 10.3. The fourth-order valence-corrected chi connectivity index (χ4v) is 2.47. The number of carboxylic acids is 1. The maximum atomic E-state index is 13.2. The van der Waals surface area contributed by atoms with Crippen molar-refractivity contribution in [2.75, 3.05) is 20.3 Å². The van der Waals surface area contributed by atoms with Gasteiger partial charge in [0.15, 0.2) is 0 Å². The molecule has 20 heavy (non-hydrogen) atoms. The van der Waals surface area contributed by atoms with Crippen molar-refractivity contribution in [1.82, 2.24) is 4.72 Å². The molecule has 1 aromatic carbocycles. The Balaban J connectivity index is 2.93. The number of aliphatic hydroxyl groups excluding tert-OH is 1. The molecule has 1 atom stereocenters. The van der Waals surface area contributed by atoms with E-state index in [0.717, 1.165) is 12.1 Å². The monoisotopic (exact) mass is 307 g/mol. The molecule has 0 aromatic heterocycles. The number of ether oxygens (including phenoxy) is 1. The number of benzene rings is 1. The van der Waals surface area contributed by atoms with E-state index in [0.29, 0.717) is 6.07 Å². The molecule has 0 bridgehead atoms. The number of sulfonamides is 1. The van der Waals surface area contributed by atoms with Crippen LogP contribution in [0.2, 0.25) is 0 Å². The van der Waals surface area contributed by atoms with Crippen LogP contribution in [-0.4, -0.2) is 51.0 Å². The van der Waals surface area contributed by atoms with Crippen molar-refractivity contribution >= 4 is 16.0 Å². The molecular formula is C11H14FNO6S. The minimum atomic E-state index is -4.04. The lowest BCUT2D eigenvalue weighted by Crippen LogP contribution is -2.34. The third kappa shape index (κ3) is 4.23. The Morgan fingerprint density at radius 1 is 1.50 bits per heavy atom. The summed E-state index contributed by atoms with van der Waals surface area (Å²) < 4.78 is 43.6. The van der Waals surface area contributed by atoms with Gasteiger partial charge in [-0.05, 0) is 18.2 Å². The summed E-state index contributed by atoms with van der Waals surface area (Å²) in [5.74, 6) is -2.60. The molecule has 112 valence electrons. The number of aliphatic hydroxyl groups is 1. The van der Waals surface area contributed by atoms with Gasteiger partial charge in [0.05, 0.1) is 23.2 Å². The Kier molecular flexibility index (Phi) is 5.57. The fourth-order valence-electron chi connectivity index (χ4n) is 1.38. The van der Waals surface area contributed by atoms with Gasteiger partial charge in [0.25, 0.3) is 0 Å². The number of hydrogen-bond acceptors (Lipinski definition) is 5. The number of hydrogen-bond donors (Lipinski definition) is 3. The molecule has 0 heterocycles. The zero-order valence-corrected chi connectivity index (χ0v) is 11.4. The Morgan fingerprint density at radius 2 is 2.15 bits per heavy atom. The number of halogens is 1.